The molecule has 1 aliphatic rings. The topological polar surface area (TPSA) is 48.1 Å². The Hall–Kier alpha value is -1.09. The average Bonchev–Trinajstić information content (AvgIpc) is 2.58. The first-order chi connectivity index (χ1) is 8.25. The van der Waals surface area contributed by atoms with Crippen LogP contribution >= 0.6 is 0 Å². The first-order valence-corrected chi connectivity index (χ1v) is 6.64. The van der Waals surface area contributed by atoms with Crippen molar-refractivity contribution < 1.29 is 4.74 Å². The van der Waals surface area contributed by atoms with Crippen molar-refractivity contribution in [2.24, 2.45) is 5.73 Å². The zero-order valence-corrected chi connectivity index (χ0v) is 10.6. The van der Waals surface area contributed by atoms with Gasteiger partial charge in [0.15, 0.2) is 0 Å². The van der Waals surface area contributed by atoms with Gasteiger partial charge in [-0.15, -0.1) is 0 Å². The molecule has 0 amide bonds. The number of hydrogen-bond donors (Lipinski definition) is 1. The van der Waals surface area contributed by atoms with Crippen LogP contribution in [0.2, 0.25) is 0 Å². The normalized spacial score (nSPS) is 19.6. The van der Waals surface area contributed by atoms with Crippen molar-refractivity contribution in [2.45, 2.75) is 57.6 Å². The number of nitrogens with two attached hydrogens (primary N) is 1. The van der Waals surface area contributed by atoms with E-state index in [1.165, 1.54) is 38.5 Å². The van der Waals surface area contributed by atoms with Gasteiger partial charge in [-0.25, -0.2) is 0 Å². The minimum absolute atomic E-state index is 0.0121. The molecule has 1 aromatic rings. The molecule has 17 heavy (non-hydrogen) atoms. The van der Waals surface area contributed by atoms with E-state index in [1.807, 2.05) is 19.1 Å². The maximum Gasteiger partial charge on any atom is 0.138 e. The van der Waals surface area contributed by atoms with Crippen LogP contribution < -0.4 is 10.5 Å². The molecule has 2 rings (SSSR count). The molecule has 0 bridgehead atoms. The fraction of sp³-hybridized carbons (Fsp3) is 0.643. The summed E-state index contributed by atoms with van der Waals surface area (Å²) in [6.07, 6.45) is 9.80. The predicted molar refractivity (Wildman–Crippen MR) is 69.0 cm³/mol. The van der Waals surface area contributed by atoms with Gasteiger partial charge in [-0.2, -0.15) is 0 Å². The van der Waals surface area contributed by atoms with Crippen LogP contribution in [0.5, 0.6) is 5.75 Å². The summed E-state index contributed by atoms with van der Waals surface area (Å²) in [4.78, 5) is 4.32. The number of ether oxygens (including phenoxy) is 1. The average molecular weight is 234 g/mol. The van der Waals surface area contributed by atoms with Crippen molar-refractivity contribution in [2.75, 3.05) is 0 Å². The number of aromatic nitrogens is 1. The summed E-state index contributed by atoms with van der Waals surface area (Å²) in [5.41, 5.74) is 6.68. The van der Waals surface area contributed by atoms with Gasteiger partial charge in [-0.3, -0.25) is 4.98 Å². The fourth-order valence-corrected chi connectivity index (χ4v) is 2.28. The Labute approximate surface area is 103 Å². The van der Waals surface area contributed by atoms with Crippen molar-refractivity contribution >= 4 is 0 Å². The number of rotatable bonds is 3. The zero-order valence-electron chi connectivity index (χ0n) is 10.6. The van der Waals surface area contributed by atoms with Crippen LogP contribution in [0.25, 0.3) is 0 Å². The molecule has 0 saturated heterocycles. The van der Waals surface area contributed by atoms with Gasteiger partial charge in [0.1, 0.15) is 5.75 Å². The molecule has 1 aromatic heterocycles. The van der Waals surface area contributed by atoms with Gasteiger partial charge >= 0.3 is 0 Å². The van der Waals surface area contributed by atoms with E-state index in [-0.39, 0.29) is 6.04 Å². The second-order valence-electron chi connectivity index (χ2n) is 4.94. The minimum atomic E-state index is -0.0121. The molecule has 3 nitrogen and oxygen atoms in total. The third kappa shape index (κ3) is 3.70. The van der Waals surface area contributed by atoms with E-state index in [1.54, 1.807) is 6.20 Å². The van der Waals surface area contributed by atoms with E-state index in [0.717, 1.165) is 11.4 Å². The highest BCUT2D eigenvalue weighted by atomic mass is 16.5. The minimum Gasteiger partial charge on any atom is -0.489 e. The van der Waals surface area contributed by atoms with Gasteiger partial charge in [0, 0.05) is 6.04 Å². The molecule has 94 valence electrons. The maximum absolute atomic E-state index is 5.97. The summed E-state index contributed by atoms with van der Waals surface area (Å²) in [7, 11) is 0. The Morgan fingerprint density at radius 3 is 2.47 bits per heavy atom. The van der Waals surface area contributed by atoms with Crippen molar-refractivity contribution in [3.8, 4) is 5.75 Å². The van der Waals surface area contributed by atoms with E-state index < -0.39 is 0 Å². The summed E-state index contributed by atoms with van der Waals surface area (Å²) in [6, 6.07) is 3.93. The van der Waals surface area contributed by atoms with E-state index >= 15 is 0 Å². The highest BCUT2D eigenvalue weighted by Gasteiger charge is 2.13. The van der Waals surface area contributed by atoms with Crippen LogP contribution in [-0.4, -0.2) is 11.1 Å². The standard InChI is InChI=1S/C14H22N2O/c1-11(15)14-9-8-13(10-16-14)17-12-6-4-2-3-5-7-12/h8-12H,2-7,15H2,1H3. The third-order valence-corrected chi connectivity index (χ3v) is 3.33. The second-order valence-corrected chi connectivity index (χ2v) is 4.94. The largest absolute Gasteiger partial charge is 0.489 e. The number of hydrogen-bond acceptors (Lipinski definition) is 3. The molecule has 0 aliphatic heterocycles. The smallest absolute Gasteiger partial charge is 0.138 e. The summed E-state index contributed by atoms with van der Waals surface area (Å²) in [5.74, 6) is 0.876. The third-order valence-electron chi connectivity index (χ3n) is 3.33. The summed E-state index contributed by atoms with van der Waals surface area (Å²) >= 11 is 0. The quantitative estimate of drug-likeness (QED) is 0.817. The van der Waals surface area contributed by atoms with Gasteiger partial charge in [0.05, 0.1) is 18.0 Å². The Morgan fingerprint density at radius 1 is 1.24 bits per heavy atom. The van der Waals surface area contributed by atoms with Crippen LogP contribution in [0.1, 0.15) is 57.2 Å². The molecule has 2 N–H and O–H groups in total. The summed E-state index contributed by atoms with van der Waals surface area (Å²) in [5, 5.41) is 0. The highest BCUT2D eigenvalue weighted by Crippen LogP contribution is 2.22. The van der Waals surface area contributed by atoms with Crippen LogP contribution in [0.3, 0.4) is 0 Å². The van der Waals surface area contributed by atoms with Crippen LogP contribution in [0.4, 0.5) is 0 Å². The molecule has 0 spiro atoms. The predicted octanol–water partition coefficient (Wildman–Crippen LogP) is 3.20. The Balaban J connectivity index is 1.93. The fourth-order valence-electron chi connectivity index (χ4n) is 2.28. The molecular weight excluding hydrogens is 212 g/mol. The number of nitrogens with zero attached hydrogens (tertiary/aromatic N) is 1. The summed E-state index contributed by atoms with van der Waals surface area (Å²) in [6.45, 7) is 1.94. The molecule has 1 atom stereocenters. The SMILES string of the molecule is CC(N)c1ccc(OC2CCCCCC2)cn1. The lowest BCUT2D eigenvalue weighted by molar-refractivity contribution is 0.183. The first-order valence-electron chi connectivity index (χ1n) is 6.64. The van der Waals surface area contributed by atoms with E-state index in [9.17, 15) is 0 Å². The highest BCUT2D eigenvalue weighted by molar-refractivity contribution is 5.21. The first kappa shape index (κ1) is 12.4. The van der Waals surface area contributed by atoms with E-state index in [2.05, 4.69) is 4.98 Å². The molecule has 0 radical (unpaired) electrons. The Kier molecular flexibility index (Phi) is 4.37. The van der Waals surface area contributed by atoms with E-state index in [0.29, 0.717) is 6.10 Å². The Morgan fingerprint density at radius 2 is 1.94 bits per heavy atom. The monoisotopic (exact) mass is 234 g/mol. The molecule has 0 aromatic carbocycles. The summed E-state index contributed by atoms with van der Waals surface area (Å²) < 4.78 is 5.97. The van der Waals surface area contributed by atoms with Crippen LogP contribution in [0, 0.1) is 0 Å². The molecular formula is C14H22N2O. The lowest BCUT2D eigenvalue weighted by Gasteiger charge is -2.17. The van der Waals surface area contributed by atoms with Crippen LogP contribution in [0.15, 0.2) is 18.3 Å². The van der Waals surface area contributed by atoms with Crippen molar-refractivity contribution in [1.82, 2.24) is 4.98 Å². The Bertz CT molecular complexity index is 327. The molecule has 1 unspecified atom stereocenters. The molecule has 1 fully saturated rings. The van der Waals surface area contributed by atoms with E-state index in [4.69, 9.17) is 10.5 Å². The molecule has 1 saturated carbocycles. The molecule has 3 heteroatoms. The van der Waals surface area contributed by atoms with Gasteiger partial charge < -0.3 is 10.5 Å². The molecule has 1 heterocycles. The second kappa shape index (κ2) is 6.01. The van der Waals surface area contributed by atoms with Gasteiger partial charge in [0.25, 0.3) is 0 Å². The molecule has 1 aliphatic carbocycles. The van der Waals surface area contributed by atoms with Gasteiger partial charge in [-0.05, 0) is 44.7 Å². The van der Waals surface area contributed by atoms with Crippen LogP contribution in [-0.2, 0) is 0 Å². The number of pyridine rings is 1. The van der Waals surface area contributed by atoms with Crippen molar-refractivity contribution in [1.29, 1.82) is 0 Å². The van der Waals surface area contributed by atoms with Crippen molar-refractivity contribution in [3.63, 3.8) is 0 Å². The maximum atomic E-state index is 5.97. The van der Waals surface area contributed by atoms with Gasteiger partial charge in [-0.1, -0.05) is 12.8 Å². The van der Waals surface area contributed by atoms with Crippen molar-refractivity contribution in [3.05, 3.63) is 24.0 Å². The lowest BCUT2D eigenvalue weighted by atomic mass is 10.1. The van der Waals surface area contributed by atoms with Gasteiger partial charge in [0.2, 0.25) is 0 Å². The lowest BCUT2D eigenvalue weighted by Crippen LogP contribution is -2.15. The zero-order chi connectivity index (χ0) is 12.1.